The Morgan fingerprint density at radius 3 is 2.18 bits per heavy atom. The summed E-state index contributed by atoms with van der Waals surface area (Å²) in [6, 6.07) is 12.1. The maximum Gasteiger partial charge on any atom is 0.243 e. The molecule has 0 aliphatic heterocycles. The molecule has 9 heteroatoms. The molecule has 2 N–H and O–H groups in total. The number of hydrogen-bond acceptors (Lipinski definition) is 6. The summed E-state index contributed by atoms with van der Waals surface area (Å²) in [5.41, 5.74) is 1.32. The van der Waals surface area contributed by atoms with Crippen molar-refractivity contribution < 1.29 is 27.9 Å². The fraction of sp³-hybridized carbons (Fsp3) is 0.417. The second-order valence-corrected chi connectivity index (χ2v) is 10.3. The number of nitrogens with one attached hydrogen (secondary N) is 1. The fourth-order valence-corrected chi connectivity index (χ4v) is 5.06. The number of hydrogen-bond donors (Lipinski definition) is 2. The highest BCUT2D eigenvalue weighted by molar-refractivity contribution is 7.89. The van der Waals surface area contributed by atoms with Gasteiger partial charge in [0.05, 0.1) is 24.2 Å². The molecule has 0 saturated heterocycles. The first kappa shape index (κ1) is 26.5. The number of benzene rings is 2. The number of methoxy groups -OCH3 is 1. The van der Waals surface area contributed by atoms with Gasteiger partial charge in [-0.15, -0.1) is 0 Å². The quantitative estimate of drug-likeness (QED) is 0.455. The molecule has 0 saturated carbocycles. The zero-order valence-corrected chi connectivity index (χ0v) is 20.2. The molecule has 2 aromatic rings. The summed E-state index contributed by atoms with van der Waals surface area (Å²) in [7, 11) is -2.39. The Hall–Kier alpha value is -2.75. The molecule has 0 aromatic heterocycles. The molecular weight excluding hydrogens is 444 g/mol. The Balaban J connectivity index is 2.28. The van der Waals surface area contributed by atoms with Crippen LogP contribution in [0, 0.1) is 5.92 Å². The van der Waals surface area contributed by atoms with Crippen molar-refractivity contribution in [2.24, 2.45) is 5.92 Å². The third-order valence-electron chi connectivity index (χ3n) is 5.08. The van der Waals surface area contributed by atoms with Crippen LogP contribution in [-0.2, 0) is 21.2 Å². The summed E-state index contributed by atoms with van der Waals surface area (Å²) in [6.45, 7) is 5.14. The van der Waals surface area contributed by atoms with Gasteiger partial charge in [0.2, 0.25) is 15.9 Å². The molecule has 2 rings (SSSR count). The number of aliphatic hydroxyl groups excluding tert-OH is 1. The molecule has 33 heavy (non-hydrogen) atoms. The van der Waals surface area contributed by atoms with Crippen molar-refractivity contribution in [2.75, 3.05) is 20.2 Å². The molecule has 1 amide bonds. The zero-order valence-electron chi connectivity index (χ0n) is 19.4. The van der Waals surface area contributed by atoms with E-state index in [-0.39, 0.29) is 36.2 Å². The average Bonchev–Trinajstić information content (AvgIpc) is 2.78. The van der Waals surface area contributed by atoms with Crippen LogP contribution < -0.4 is 10.1 Å². The second-order valence-electron chi connectivity index (χ2n) is 8.33. The minimum Gasteiger partial charge on any atom is -0.497 e. The largest absolute Gasteiger partial charge is 0.497 e. The lowest BCUT2D eigenvalue weighted by Crippen LogP contribution is -2.50. The molecule has 0 spiro atoms. The van der Waals surface area contributed by atoms with Crippen LogP contribution in [0.1, 0.15) is 36.7 Å². The smallest absolute Gasteiger partial charge is 0.243 e. The number of carbonyl (C=O) groups excluding carboxylic acids is 2. The van der Waals surface area contributed by atoms with Gasteiger partial charge in [-0.3, -0.25) is 9.59 Å². The highest BCUT2D eigenvalue weighted by Crippen LogP contribution is 2.21. The van der Waals surface area contributed by atoms with Gasteiger partial charge in [0.15, 0.2) is 0 Å². The van der Waals surface area contributed by atoms with Gasteiger partial charge < -0.3 is 15.2 Å². The summed E-state index contributed by atoms with van der Waals surface area (Å²) in [4.78, 5) is 22.8. The minimum atomic E-state index is -3.89. The standard InChI is InChI=1S/C24H32N2O6S/c1-17(2)14-26(33(30,31)22-11-9-21(32-4)10-12-22)15-24(29)23(25-18(3)28)13-19-5-7-20(16-27)8-6-19/h5-12,16-17,23-24,29H,13-15H2,1-4H3,(H,25,28)/t23-,24+/m0/s1. The summed E-state index contributed by atoms with van der Waals surface area (Å²) in [5, 5.41) is 13.7. The normalized spacial score (nSPS) is 13.5. The van der Waals surface area contributed by atoms with Crippen LogP contribution in [0.5, 0.6) is 5.75 Å². The van der Waals surface area contributed by atoms with E-state index in [1.54, 1.807) is 36.4 Å². The van der Waals surface area contributed by atoms with E-state index in [1.165, 1.54) is 30.5 Å². The lowest BCUT2D eigenvalue weighted by atomic mass is 10.00. The van der Waals surface area contributed by atoms with E-state index in [1.807, 2.05) is 13.8 Å². The molecule has 0 bridgehead atoms. The maximum atomic E-state index is 13.3. The van der Waals surface area contributed by atoms with Crippen molar-refractivity contribution in [3.05, 3.63) is 59.7 Å². The third kappa shape index (κ3) is 7.66. The SMILES string of the molecule is COc1ccc(S(=O)(=O)N(CC(C)C)C[C@@H](O)[C@H](Cc2ccc(C=O)cc2)NC(C)=O)cc1. The number of ether oxygens (including phenoxy) is 1. The first-order valence-electron chi connectivity index (χ1n) is 10.7. The van der Waals surface area contributed by atoms with Gasteiger partial charge >= 0.3 is 0 Å². The van der Waals surface area contributed by atoms with Gasteiger partial charge in [0, 0.05) is 25.6 Å². The summed E-state index contributed by atoms with van der Waals surface area (Å²) >= 11 is 0. The highest BCUT2D eigenvalue weighted by Gasteiger charge is 2.31. The fourth-order valence-electron chi connectivity index (χ4n) is 3.44. The second kappa shape index (κ2) is 11.9. The lowest BCUT2D eigenvalue weighted by molar-refractivity contribution is -0.120. The van der Waals surface area contributed by atoms with E-state index in [0.717, 1.165) is 11.8 Å². The van der Waals surface area contributed by atoms with Gasteiger partial charge in [-0.25, -0.2) is 8.42 Å². The van der Waals surface area contributed by atoms with Crippen LogP contribution in [-0.4, -0.2) is 62.4 Å². The molecular formula is C24H32N2O6S. The monoisotopic (exact) mass is 476 g/mol. The van der Waals surface area contributed by atoms with E-state index in [4.69, 9.17) is 4.74 Å². The Kier molecular flexibility index (Phi) is 9.57. The van der Waals surface area contributed by atoms with E-state index >= 15 is 0 Å². The molecule has 0 fully saturated rings. The van der Waals surface area contributed by atoms with E-state index in [9.17, 15) is 23.1 Å². The van der Waals surface area contributed by atoms with Crippen LogP contribution in [0.2, 0.25) is 0 Å². The predicted molar refractivity (Wildman–Crippen MR) is 126 cm³/mol. The molecule has 8 nitrogen and oxygen atoms in total. The first-order chi connectivity index (χ1) is 15.6. The van der Waals surface area contributed by atoms with Crippen molar-refractivity contribution >= 4 is 22.2 Å². The average molecular weight is 477 g/mol. The molecule has 0 unspecified atom stereocenters. The lowest BCUT2D eigenvalue weighted by Gasteiger charge is -2.30. The molecule has 180 valence electrons. The van der Waals surface area contributed by atoms with Gasteiger partial charge in [-0.1, -0.05) is 38.1 Å². The Morgan fingerprint density at radius 1 is 1.09 bits per heavy atom. The van der Waals surface area contributed by atoms with Crippen LogP contribution in [0.4, 0.5) is 0 Å². The van der Waals surface area contributed by atoms with E-state index in [2.05, 4.69) is 5.32 Å². The molecule has 0 heterocycles. The topological polar surface area (TPSA) is 113 Å². The number of nitrogens with zero attached hydrogens (tertiary/aromatic N) is 1. The molecule has 0 aliphatic rings. The number of sulfonamides is 1. The molecule has 0 radical (unpaired) electrons. The van der Waals surface area contributed by atoms with Crippen LogP contribution in [0.3, 0.4) is 0 Å². The van der Waals surface area contributed by atoms with Crippen molar-refractivity contribution in [3.63, 3.8) is 0 Å². The van der Waals surface area contributed by atoms with Gasteiger partial charge in [0.1, 0.15) is 12.0 Å². The maximum absolute atomic E-state index is 13.3. The van der Waals surface area contributed by atoms with Crippen molar-refractivity contribution in [3.8, 4) is 5.75 Å². The Morgan fingerprint density at radius 2 is 1.70 bits per heavy atom. The van der Waals surface area contributed by atoms with E-state index < -0.39 is 22.2 Å². The summed E-state index contributed by atoms with van der Waals surface area (Å²) in [5.74, 6) is 0.216. The molecule has 2 aromatic carbocycles. The van der Waals surface area contributed by atoms with Crippen LogP contribution in [0.25, 0.3) is 0 Å². The van der Waals surface area contributed by atoms with Gasteiger partial charge in [0.25, 0.3) is 0 Å². The summed E-state index contributed by atoms with van der Waals surface area (Å²) in [6.07, 6.45) is -0.151. The summed E-state index contributed by atoms with van der Waals surface area (Å²) < 4.78 is 33.0. The van der Waals surface area contributed by atoms with Crippen LogP contribution >= 0.6 is 0 Å². The zero-order chi connectivity index (χ0) is 24.6. The number of carbonyl (C=O) groups is 2. The molecule has 2 atom stereocenters. The highest BCUT2D eigenvalue weighted by atomic mass is 32.2. The predicted octanol–water partition coefficient (Wildman–Crippen LogP) is 2.26. The number of rotatable bonds is 12. The Bertz CT molecular complexity index is 1020. The van der Waals surface area contributed by atoms with Crippen molar-refractivity contribution in [2.45, 2.75) is 44.2 Å². The number of aldehydes is 1. The van der Waals surface area contributed by atoms with Crippen molar-refractivity contribution in [1.82, 2.24) is 9.62 Å². The van der Waals surface area contributed by atoms with Gasteiger partial charge in [-0.05, 0) is 42.2 Å². The first-order valence-corrected chi connectivity index (χ1v) is 12.1. The van der Waals surface area contributed by atoms with Crippen molar-refractivity contribution in [1.29, 1.82) is 0 Å². The minimum absolute atomic E-state index is 0.0142. The van der Waals surface area contributed by atoms with Gasteiger partial charge in [-0.2, -0.15) is 4.31 Å². The number of amides is 1. The Labute approximate surface area is 195 Å². The third-order valence-corrected chi connectivity index (χ3v) is 6.93. The molecule has 0 aliphatic carbocycles. The van der Waals surface area contributed by atoms with Crippen LogP contribution in [0.15, 0.2) is 53.4 Å². The number of aliphatic hydroxyl groups is 1. The van der Waals surface area contributed by atoms with E-state index in [0.29, 0.717) is 11.3 Å².